The SMILES string of the molecule is COc1ccc(C(C)Nc2ccc(Cl)cc2)cc1. The van der Waals surface area contributed by atoms with Gasteiger partial charge in [-0.2, -0.15) is 0 Å². The van der Waals surface area contributed by atoms with Crippen LogP contribution < -0.4 is 10.1 Å². The van der Waals surface area contributed by atoms with E-state index in [9.17, 15) is 0 Å². The number of benzene rings is 2. The van der Waals surface area contributed by atoms with E-state index < -0.39 is 0 Å². The van der Waals surface area contributed by atoms with Crippen LogP contribution in [0.3, 0.4) is 0 Å². The minimum absolute atomic E-state index is 0.233. The summed E-state index contributed by atoms with van der Waals surface area (Å²) in [7, 11) is 1.67. The Hall–Kier alpha value is -1.67. The van der Waals surface area contributed by atoms with Crippen LogP contribution in [0.1, 0.15) is 18.5 Å². The van der Waals surface area contributed by atoms with Gasteiger partial charge in [-0.05, 0) is 48.9 Å². The first-order valence-corrected chi connectivity index (χ1v) is 6.23. The van der Waals surface area contributed by atoms with Crippen molar-refractivity contribution in [1.82, 2.24) is 0 Å². The number of nitrogens with one attached hydrogen (secondary N) is 1. The van der Waals surface area contributed by atoms with Gasteiger partial charge in [0, 0.05) is 16.8 Å². The summed E-state index contributed by atoms with van der Waals surface area (Å²) >= 11 is 5.86. The summed E-state index contributed by atoms with van der Waals surface area (Å²) in [4.78, 5) is 0. The summed E-state index contributed by atoms with van der Waals surface area (Å²) in [6, 6.07) is 16.0. The van der Waals surface area contributed by atoms with E-state index in [2.05, 4.69) is 24.4 Å². The molecular formula is C15H16ClNO. The van der Waals surface area contributed by atoms with E-state index in [1.807, 2.05) is 36.4 Å². The molecule has 18 heavy (non-hydrogen) atoms. The molecule has 0 aliphatic rings. The van der Waals surface area contributed by atoms with E-state index in [4.69, 9.17) is 16.3 Å². The first-order valence-electron chi connectivity index (χ1n) is 5.85. The first-order chi connectivity index (χ1) is 8.69. The Morgan fingerprint density at radius 1 is 1.00 bits per heavy atom. The van der Waals surface area contributed by atoms with Crippen molar-refractivity contribution in [2.75, 3.05) is 12.4 Å². The smallest absolute Gasteiger partial charge is 0.118 e. The van der Waals surface area contributed by atoms with Gasteiger partial charge in [-0.25, -0.2) is 0 Å². The van der Waals surface area contributed by atoms with E-state index in [-0.39, 0.29) is 6.04 Å². The van der Waals surface area contributed by atoms with Gasteiger partial charge in [-0.3, -0.25) is 0 Å². The standard InChI is InChI=1S/C15H16ClNO/c1-11(12-3-9-15(18-2)10-4-12)17-14-7-5-13(16)6-8-14/h3-11,17H,1-2H3. The van der Waals surface area contributed by atoms with Gasteiger partial charge in [-0.1, -0.05) is 23.7 Å². The highest BCUT2D eigenvalue weighted by atomic mass is 35.5. The number of hydrogen-bond donors (Lipinski definition) is 1. The highest BCUT2D eigenvalue weighted by Crippen LogP contribution is 2.22. The quantitative estimate of drug-likeness (QED) is 0.874. The Balaban J connectivity index is 2.06. The number of rotatable bonds is 4. The van der Waals surface area contributed by atoms with Crippen LogP contribution in [-0.2, 0) is 0 Å². The Kier molecular flexibility index (Phi) is 4.11. The third kappa shape index (κ3) is 3.17. The molecular weight excluding hydrogens is 246 g/mol. The topological polar surface area (TPSA) is 21.3 Å². The molecule has 1 unspecified atom stereocenters. The van der Waals surface area contributed by atoms with Crippen molar-refractivity contribution in [2.24, 2.45) is 0 Å². The van der Waals surface area contributed by atoms with Crippen LogP contribution in [0.25, 0.3) is 0 Å². The van der Waals surface area contributed by atoms with Crippen molar-refractivity contribution in [3.8, 4) is 5.75 Å². The Bertz CT molecular complexity index is 493. The average Bonchev–Trinajstić information content (AvgIpc) is 2.41. The first kappa shape index (κ1) is 12.8. The van der Waals surface area contributed by atoms with Crippen molar-refractivity contribution >= 4 is 17.3 Å². The lowest BCUT2D eigenvalue weighted by Gasteiger charge is -2.16. The predicted octanol–water partition coefficient (Wildman–Crippen LogP) is 4.52. The summed E-state index contributed by atoms with van der Waals surface area (Å²) in [5.41, 5.74) is 2.27. The van der Waals surface area contributed by atoms with Crippen LogP contribution in [-0.4, -0.2) is 7.11 Å². The Morgan fingerprint density at radius 2 is 1.61 bits per heavy atom. The Morgan fingerprint density at radius 3 is 2.17 bits per heavy atom. The van der Waals surface area contributed by atoms with Gasteiger partial charge in [0.15, 0.2) is 0 Å². The van der Waals surface area contributed by atoms with Gasteiger partial charge >= 0.3 is 0 Å². The molecule has 0 aliphatic heterocycles. The maximum absolute atomic E-state index is 5.86. The predicted molar refractivity (Wildman–Crippen MR) is 76.5 cm³/mol. The third-order valence-electron chi connectivity index (χ3n) is 2.84. The van der Waals surface area contributed by atoms with Gasteiger partial charge in [0.05, 0.1) is 7.11 Å². The van der Waals surface area contributed by atoms with Gasteiger partial charge in [0.25, 0.3) is 0 Å². The van der Waals surface area contributed by atoms with E-state index in [1.54, 1.807) is 7.11 Å². The van der Waals surface area contributed by atoms with Gasteiger partial charge in [0.1, 0.15) is 5.75 Å². The zero-order chi connectivity index (χ0) is 13.0. The number of methoxy groups -OCH3 is 1. The highest BCUT2D eigenvalue weighted by Gasteiger charge is 2.05. The van der Waals surface area contributed by atoms with E-state index in [0.717, 1.165) is 16.5 Å². The number of hydrogen-bond acceptors (Lipinski definition) is 2. The molecule has 3 heteroatoms. The zero-order valence-electron chi connectivity index (χ0n) is 10.5. The summed E-state index contributed by atoms with van der Waals surface area (Å²) in [6.45, 7) is 2.12. The molecule has 0 heterocycles. The normalized spacial score (nSPS) is 11.9. The number of halogens is 1. The van der Waals surface area contributed by atoms with Gasteiger partial charge in [0.2, 0.25) is 0 Å². The van der Waals surface area contributed by atoms with Crippen LogP contribution in [0.4, 0.5) is 5.69 Å². The van der Waals surface area contributed by atoms with Crippen LogP contribution >= 0.6 is 11.6 Å². The van der Waals surface area contributed by atoms with Crippen LogP contribution in [0.15, 0.2) is 48.5 Å². The van der Waals surface area contributed by atoms with Crippen molar-refractivity contribution < 1.29 is 4.74 Å². The monoisotopic (exact) mass is 261 g/mol. The minimum atomic E-state index is 0.233. The molecule has 94 valence electrons. The summed E-state index contributed by atoms with van der Waals surface area (Å²) < 4.78 is 5.15. The molecule has 0 aliphatic carbocycles. The Labute approximate surface area is 113 Å². The minimum Gasteiger partial charge on any atom is -0.497 e. The molecule has 0 spiro atoms. The van der Waals surface area contributed by atoms with Crippen molar-refractivity contribution in [3.63, 3.8) is 0 Å². The maximum Gasteiger partial charge on any atom is 0.118 e. The second-order valence-corrected chi connectivity index (χ2v) is 4.58. The molecule has 2 nitrogen and oxygen atoms in total. The summed E-state index contributed by atoms with van der Waals surface area (Å²) in [6.07, 6.45) is 0. The molecule has 0 amide bonds. The lowest BCUT2D eigenvalue weighted by molar-refractivity contribution is 0.414. The molecule has 1 N–H and O–H groups in total. The lowest BCUT2D eigenvalue weighted by Crippen LogP contribution is -2.06. The maximum atomic E-state index is 5.86. The number of anilines is 1. The molecule has 0 fully saturated rings. The van der Waals surface area contributed by atoms with Crippen LogP contribution in [0.2, 0.25) is 5.02 Å². The highest BCUT2D eigenvalue weighted by molar-refractivity contribution is 6.30. The molecule has 0 saturated carbocycles. The van der Waals surface area contributed by atoms with E-state index >= 15 is 0 Å². The third-order valence-corrected chi connectivity index (χ3v) is 3.10. The molecule has 0 aromatic heterocycles. The molecule has 2 aromatic carbocycles. The van der Waals surface area contributed by atoms with Crippen molar-refractivity contribution in [1.29, 1.82) is 0 Å². The fraction of sp³-hybridized carbons (Fsp3) is 0.200. The van der Waals surface area contributed by atoms with Crippen LogP contribution in [0, 0.1) is 0 Å². The van der Waals surface area contributed by atoms with Gasteiger partial charge in [-0.15, -0.1) is 0 Å². The number of ether oxygens (including phenoxy) is 1. The molecule has 1 atom stereocenters. The van der Waals surface area contributed by atoms with Crippen molar-refractivity contribution in [3.05, 3.63) is 59.1 Å². The molecule has 0 radical (unpaired) electrons. The second-order valence-electron chi connectivity index (χ2n) is 4.15. The fourth-order valence-electron chi connectivity index (χ4n) is 1.77. The van der Waals surface area contributed by atoms with Crippen LogP contribution in [0.5, 0.6) is 5.75 Å². The van der Waals surface area contributed by atoms with Gasteiger partial charge < -0.3 is 10.1 Å². The molecule has 0 bridgehead atoms. The lowest BCUT2D eigenvalue weighted by atomic mass is 10.1. The fourth-order valence-corrected chi connectivity index (χ4v) is 1.90. The zero-order valence-corrected chi connectivity index (χ0v) is 11.2. The molecule has 2 aromatic rings. The summed E-state index contributed by atoms with van der Waals surface area (Å²) in [5.74, 6) is 0.873. The summed E-state index contributed by atoms with van der Waals surface area (Å²) in [5, 5.41) is 4.17. The average molecular weight is 262 g/mol. The largest absolute Gasteiger partial charge is 0.497 e. The molecule has 2 rings (SSSR count). The van der Waals surface area contributed by atoms with E-state index in [0.29, 0.717) is 0 Å². The molecule has 0 saturated heterocycles. The van der Waals surface area contributed by atoms with Crippen molar-refractivity contribution in [2.45, 2.75) is 13.0 Å². The van der Waals surface area contributed by atoms with E-state index in [1.165, 1.54) is 5.56 Å². The second kappa shape index (κ2) is 5.78.